The van der Waals surface area contributed by atoms with Gasteiger partial charge in [-0.25, -0.2) is 29.9 Å². The molecule has 0 aliphatic heterocycles. The minimum Gasteiger partial charge on any atom is -0.256 e. The summed E-state index contributed by atoms with van der Waals surface area (Å²) in [7, 11) is 0. The molecule has 0 aliphatic rings. The predicted molar refractivity (Wildman–Crippen MR) is 461 cm³/mol. The van der Waals surface area contributed by atoms with Gasteiger partial charge in [-0.1, -0.05) is 388 Å². The fraction of sp³-hybridized carbons (Fsp3) is 0. The molecular weight excluding hydrogens is 1360 g/mol. The van der Waals surface area contributed by atoms with E-state index in [9.17, 15) is 0 Å². The van der Waals surface area contributed by atoms with Gasteiger partial charge in [-0.2, -0.15) is 0 Å². The second-order valence-corrected chi connectivity index (χ2v) is 27.8. The van der Waals surface area contributed by atoms with Crippen LogP contribution in [0.15, 0.2) is 413 Å². The van der Waals surface area contributed by atoms with Crippen molar-refractivity contribution in [3.8, 4) is 157 Å². The summed E-state index contributed by atoms with van der Waals surface area (Å²) < 4.78 is 0. The number of fused-ring (bicyclic) bond motifs is 6. The topological polar surface area (TPSA) is 103 Å². The van der Waals surface area contributed by atoms with Gasteiger partial charge in [-0.05, 0) is 112 Å². The maximum atomic E-state index is 4.98. The molecule has 0 spiro atoms. The highest BCUT2D eigenvalue weighted by molar-refractivity contribution is 6.10. The summed E-state index contributed by atoms with van der Waals surface area (Å²) in [6.07, 6.45) is 3.83. The molecule has 8 heteroatoms. The molecule has 8 nitrogen and oxygen atoms in total. The Morgan fingerprint density at radius 3 is 0.812 bits per heavy atom. The van der Waals surface area contributed by atoms with Crippen LogP contribution in [0.5, 0.6) is 0 Å². The molecule has 524 valence electrons. The van der Waals surface area contributed by atoms with Crippen molar-refractivity contribution in [1.82, 2.24) is 39.9 Å². The van der Waals surface area contributed by atoms with Crippen molar-refractivity contribution in [2.75, 3.05) is 0 Å². The molecule has 4 heterocycles. The Morgan fingerprint density at radius 2 is 0.429 bits per heavy atom. The van der Waals surface area contributed by atoms with Crippen LogP contribution in [0.1, 0.15) is 0 Å². The minimum absolute atomic E-state index is 0.639. The smallest absolute Gasteiger partial charge is 0.164 e. The largest absolute Gasteiger partial charge is 0.256 e. The summed E-state index contributed by atoms with van der Waals surface area (Å²) in [6, 6.07) is 140. The second-order valence-electron chi connectivity index (χ2n) is 27.8. The van der Waals surface area contributed by atoms with E-state index in [0.29, 0.717) is 34.9 Å². The number of rotatable bonds is 14. The monoisotopic (exact) mass is 1430 g/mol. The zero-order chi connectivity index (χ0) is 74.5. The van der Waals surface area contributed by atoms with Gasteiger partial charge in [0.05, 0.1) is 11.0 Å². The molecule has 0 aliphatic carbocycles. The van der Waals surface area contributed by atoms with Gasteiger partial charge < -0.3 is 0 Å². The molecule has 16 aromatic carbocycles. The number of benzene rings is 16. The zero-order valence-corrected chi connectivity index (χ0v) is 60.8. The Bertz CT molecular complexity index is 6750. The van der Waals surface area contributed by atoms with E-state index in [2.05, 4.69) is 327 Å². The van der Waals surface area contributed by atoms with Crippen LogP contribution in [-0.2, 0) is 0 Å². The molecule has 0 saturated carbocycles. The van der Waals surface area contributed by atoms with Crippen molar-refractivity contribution in [2.45, 2.75) is 0 Å². The maximum absolute atomic E-state index is 4.98. The first-order valence-corrected chi connectivity index (χ1v) is 37.6. The first kappa shape index (κ1) is 67.5. The molecule has 0 amide bonds. The summed E-state index contributed by atoms with van der Waals surface area (Å²) in [5.74, 6) is 3.86. The van der Waals surface area contributed by atoms with Gasteiger partial charge in [0, 0.05) is 67.3 Å². The third-order valence-corrected chi connectivity index (χ3v) is 20.9. The highest BCUT2D eigenvalue weighted by Gasteiger charge is 2.18. The Morgan fingerprint density at radius 1 is 0.152 bits per heavy atom. The van der Waals surface area contributed by atoms with Gasteiger partial charge in [-0.3, -0.25) is 9.97 Å². The molecular formula is C104H68N8. The third-order valence-electron chi connectivity index (χ3n) is 20.9. The lowest BCUT2D eigenvalue weighted by Crippen LogP contribution is -2.00. The lowest BCUT2D eigenvalue weighted by molar-refractivity contribution is 1.07. The molecule has 20 rings (SSSR count). The van der Waals surface area contributed by atoms with E-state index < -0.39 is 0 Å². The van der Waals surface area contributed by atoms with Crippen LogP contribution in [-0.4, -0.2) is 39.9 Å². The van der Waals surface area contributed by atoms with Crippen LogP contribution >= 0.6 is 0 Å². The van der Waals surface area contributed by atoms with E-state index in [1.807, 2.05) is 91.3 Å². The van der Waals surface area contributed by atoms with Crippen molar-refractivity contribution in [3.05, 3.63) is 413 Å². The van der Waals surface area contributed by atoms with Gasteiger partial charge in [0.15, 0.2) is 34.9 Å². The van der Waals surface area contributed by atoms with Gasteiger partial charge in [-0.15, -0.1) is 0 Å². The first-order valence-electron chi connectivity index (χ1n) is 37.6. The molecule has 0 fully saturated rings. The molecule has 20 aromatic rings. The summed E-state index contributed by atoms with van der Waals surface area (Å²) >= 11 is 0. The van der Waals surface area contributed by atoms with Gasteiger partial charge in [0.25, 0.3) is 0 Å². The average Bonchev–Trinajstić information content (AvgIpc) is 0.765. The lowest BCUT2D eigenvalue weighted by Gasteiger charge is -2.11. The maximum Gasteiger partial charge on any atom is 0.164 e. The molecule has 4 aromatic heterocycles. The fourth-order valence-electron chi connectivity index (χ4n) is 14.8. The van der Waals surface area contributed by atoms with E-state index in [0.717, 1.165) is 94.1 Å². The van der Waals surface area contributed by atoms with E-state index in [4.69, 9.17) is 34.9 Å². The number of nitrogens with zero attached hydrogens (tertiary/aromatic N) is 8. The van der Waals surface area contributed by atoms with Crippen LogP contribution in [0.25, 0.3) is 201 Å². The Hall–Kier alpha value is -15.1. The van der Waals surface area contributed by atoms with Gasteiger partial charge >= 0.3 is 0 Å². The third kappa shape index (κ3) is 14.1. The van der Waals surface area contributed by atoms with Crippen LogP contribution < -0.4 is 0 Å². The Balaban J connectivity index is 0.000000151. The van der Waals surface area contributed by atoms with Crippen LogP contribution in [0.3, 0.4) is 0 Å². The lowest BCUT2D eigenvalue weighted by atomic mass is 9.94. The zero-order valence-electron chi connectivity index (χ0n) is 60.8. The Kier molecular flexibility index (Phi) is 18.2. The van der Waals surface area contributed by atoms with Crippen molar-refractivity contribution in [2.24, 2.45) is 0 Å². The highest BCUT2D eigenvalue weighted by atomic mass is 15.0. The molecule has 0 saturated heterocycles. The molecule has 0 unspecified atom stereocenters. The predicted octanol–water partition coefficient (Wildman–Crippen LogP) is 26.5. The summed E-state index contributed by atoms with van der Waals surface area (Å²) in [6.45, 7) is 0. The number of aromatic nitrogens is 8. The van der Waals surface area contributed by atoms with Crippen molar-refractivity contribution < 1.29 is 0 Å². The van der Waals surface area contributed by atoms with E-state index in [1.165, 1.54) is 71.6 Å². The molecule has 0 bridgehead atoms. The molecule has 0 atom stereocenters. The highest BCUT2D eigenvalue weighted by Crippen LogP contribution is 2.38. The van der Waals surface area contributed by atoms with E-state index in [1.54, 1.807) is 0 Å². The van der Waals surface area contributed by atoms with Crippen LogP contribution in [0.2, 0.25) is 0 Å². The standard InChI is InChI=1S/2C52H34N4/c1-3-9-35(10-4-1)36-22-28-44(29-23-36)51-54-50(43-11-5-2-6-12-43)55-52(56-51)45-30-24-40(25-31-45)38-18-16-37(17-19-38)39-20-26-41(27-21-39)46-14-7-15-48-47(46)33-32-42-13-8-34-53-49(42)48;1-3-9-35(10-4-1)36-23-27-43(28-24-36)51-54-50(42-11-5-2-6-12-42)55-52(56-51)44-29-25-40(26-30-44)38-17-15-37(16-18-38)39-19-21-41(22-20-39)45-31-32-48-47-14-8-7-13-46(47)34-53-49(48)33-45/h2*1-34H. The van der Waals surface area contributed by atoms with E-state index in [-0.39, 0.29) is 0 Å². The van der Waals surface area contributed by atoms with E-state index >= 15 is 0 Å². The molecule has 112 heavy (non-hydrogen) atoms. The summed E-state index contributed by atoms with van der Waals surface area (Å²) in [5, 5.41) is 7.11. The van der Waals surface area contributed by atoms with Gasteiger partial charge in [0.2, 0.25) is 0 Å². The quantitative estimate of drug-likeness (QED) is 0.0992. The molecule has 0 radical (unpaired) electrons. The van der Waals surface area contributed by atoms with Crippen molar-refractivity contribution >= 4 is 43.4 Å². The average molecular weight is 1430 g/mol. The van der Waals surface area contributed by atoms with Gasteiger partial charge in [0.1, 0.15) is 0 Å². The SMILES string of the molecule is c1ccc(-c2ccc(-c3nc(-c4ccccc4)nc(-c4ccc(-c5ccc(-c6ccc(-c7ccc8c(c7)ncc7ccccc78)cc6)cc5)cc4)n3)cc2)cc1.c1ccc(-c2ccc(-c3nc(-c4ccccc4)nc(-c4ccc(-c5ccc(-c6ccc(-c7cccc8c7ccc7cccnc78)cc6)cc5)cc4)n3)cc2)cc1. The van der Waals surface area contributed by atoms with Crippen LogP contribution in [0.4, 0.5) is 0 Å². The number of pyridine rings is 2. The number of hydrogen-bond acceptors (Lipinski definition) is 8. The first-order chi connectivity index (χ1) is 55.4. The normalized spacial score (nSPS) is 11.2. The Labute approximate surface area is 649 Å². The number of hydrogen-bond donors (Lipinski definition) is 0. The minimum atomic E-state index is 0.639. The van der Waals surface area contributed by atoms with Crippen LogP contribution in [0, 0.1) is 0 Å². The fourth-order valence-corrected chi connectivity index (χ4v) is 14.8. The van der Waals surface area contributed by atoms with Crippen molar-refractivity contribution in [1.29, 1.82) is 0 Å². The second kappa shape index (κ2) is 30.3. The molecule has 0 N–H and O–H groups in total. The van der Waals surface area contributed by atoms with Crippen molar-refractivity contribution in [3.63, 3.8) is 0 Å². The summed E-state index contributed by atoms with van der Waals surface area (Å²) in [5.41, 5.74) is 26.3. The summed E-state index contributed by atoms with van der Waals surface area (Å²) in [4.78, 5) is 39.1.